The Bertz CT molecular complexity index is 901. The minimum atomic E-state index is -0.138. The first-order valence-electron chi connectivity index (χ1n) is 9.37. The molecule has 2 fully saturated rings. The van der Waals surface area contributed by atoms with E-state index in [1.165, 1.54) is 24.2 Å². The van der Waals surface area contributed by atoms with E-state index in [0.29, 0.717) is 17.4 Å². The van der Waals surface area contributed by atoms with Gasteiger partial charge >= 0.3 is 0 Å². The van der Waals surface area contributed by atoms with Gasteiger partial charge in [0.25, 0.3) is 11.1 Å². The lowest BCUT2D eigenvalue weighted by molar-refractivity contribution is -0.123. The van der Waals surface area contributed by atoms with Crippen LogP contribution in [0.3, 0.4) is 0 Å². The number of thioether (sulfide) groups is 1. The van der Waals surface area contributed by atoms with Gasteiger partial charge in [0.2, 0.25) is 0 Å². The van der Waals surface area contributed by atoms with Gasteiger partial charge in [-0.05, 0) is 73.0 Å². The van der Waals surface area contributed by atoms with Gasteiger partial charge in [0, 0.05) is 21.3 Å². The largest absolute Gasteiger partial charge is 0.293 e. The van der Waals surface area contributed by atoms with Crippen molar-refractivity contribution in [2.24, 2.45) is 5.92 Å². The first-order chi connectivity index (χ1) is 13.6. The van der Waals surface area contributed by atoms with E-state index in [0.717, 1.165) is 43.6 Å². The Morgan fingerprint density at radius 2 is 1.82 bits per heavy atom. The molecule has 1 aromatic carbocycles. The van der Waals surface area contributed by atoms with Crippen LogP contribution in [0.15, 0.2) is 50.4 Å². The number of imide groups is 1. The van der Waals surface area contributed by atoms with Gasteiger partial charge in [-0.1, -0.05) is 42.6 Å². The topological polar surface area (TPSA) is 37.4 Å². The number of benzene rings is 1. The molecule has 2 aromatic rings. The number of amides is 2. The van der Waals surface area contributed by atoms with Crippen molar-refractivity contribution in [2.45, 2.75) is 41.2 Å². The van der Waals surface area contributed by atoms with Crippen LogP contribution in [0, 0.1) is 5.92 Å². The lowest BCUT2D eigenvalue weighted by Gasteiger charge is -2.25. The summed E-state index contributed by atoms with van der Waals surface area (Å²) in [6, 6.07) is 11.8. The Hall–Kier alpha value is -1.21. The second kappa shape index (κ2) is 9.08. The van der Waals surface area contributed by atoms with Crippen molar-refractivity contribution in [3.8, 4) is 0 Å². The smallest absolute Gasteiger partial charge is 0.268 e. The predicted molar refractivity (Wildman–Crippen MR) is 119 cm³/mol. The molecule has 1 aliphatic carbocycles. The van der Waals surface area contributed by atoms with Crippen LogP contribution >= 0.6 is 46.5 Å². The average Bonchev–Trinajstić information content (AvgIpc) is 3.24. The normalized spacial score (nSPS) is 19.8. The second-order valence-electron chi connectivity index (χ2n) is 7.01. The highest BCUT2D eigenvalue weighted by Gasteiger charge is 2.36. The Morgan fingerprint density at radius 3 is 2.57 bits per heavy atom. The third-order valence-corrected chi connectivity index (χ3v) is 8.28. The molecule has 7 heteroatoms. The molecule has 4 rings (SSSR count). The van der Waals surface area contributed by atoms with Gasteiger partial charge in [-0.3, -0.25) is 14.5 Å². The van der Waals surface area contributed by atoms with E-state index in [-0.39, 0.29) is 11.1 Å². The summed E-state index contributed by atoms with van der Waals surface area (Å²) in [5.74, 6) is 0.326. The van der Waals surface area contributed by atoms with Crippen LogP contribution in [0.25, 0.3) is 6.08 Å². The summed E-state index contributed by atoms with van der Waals surface area (Å²) in [6.07, 6.45) is 7.78. The number of hydrogen-bond acceptors (Lipinski definition) is 5. The Labute approximate surface area is 182 Å². The van der Waals surface area contributed by atoms with Gasteiger partial charge in [0.1, 0.15) is 0 Å². The summed E-state index contributed by atoms with van der Waals surface area (Å²) in [6.45, 7) is 0.574. The molecule has 3 nitrogen and oxygen atoms in total. The van der Waals surface area contributed by atoms with Crippen molar-refractivity contribution in [2.75, 3.05) is 6.54 Å². The number of halogens is 1. The van der Waals surface area contributed by atoms with E-state index >= 15 is 0 Å². The minimum absolute atomic E-state index is 0.130. The van der Waals surface area contributed by atoms with Crippen molar-refractivity contribution in [1.82, 2.24) is 4.90 Å². The van der Waals surface area contributed by atoms with Crippen molar-refractivity contribution in [3.05, 3.63) is 51.2 Å². The maximum Gasteiger partial charge on any atom is 0.293 e. The van der Waals surface area contributed by atoms with E-state index in [9.17, 15) is 9.59 Å². The van der Waals surface area contributed by atoms with E-state index < -0.39 is 0 Å². The third kappa shape index (κ3) is 4.85. The second-order valence-corrected chi connectivity index (χ2v) is 10.9. The fourth-order valence-electron chi connectivity index (χ4n) is 3.50. The van der Waals surface area contributed by atoms with Crippen molar-refractivity contribution < 1.29 is 9.59 Å². The number of thiophene rings is 1. The molecule has 1 aliphatic heterocycles. The van der Waals surface area contributed by atoms with Crippen molar-refractivity contribution >= 4 is 63.7 Å². The van der Waals surface area contributed by atoms with Crippen LogP contribution in [-0.4, -0.2) is 22.6 Å². The summed E-state index contributed by atoms with van der Waals surface area (Å²) in [7, 11) is 0. The molecule has 1 aromatic heterocycles. The SMILES string of the molecule is O=C1S/C(=C\c2ccc(Sc3ccc(Cl)cc3)s2)C(=O)N1CC1CCCCC1. The molecule has 1 saturated heterocycles. The van der Waals surface area contributed by atoms with Gasteiger partial charge in [0.05, 0.1) is 9.11 Å². The number of rotatable bonds is 5. The zero-order valence-electron chi connectivity index (χ0n) is 15.2. The van der Waals surface area contributed by atoms with Crippen LogP contribution in [0.4, 0.5) is 4.79 Å². The van der Waals surface area contributed by atoms with Crippen LogP contribution in [-0.2, 0) is 4.79 Å². The number of nitrogens with zero attached hydrogens (tertiary/aromatic N) is 1. The van der Waals surface area contributed by atoms with E-state index in [2.05, 4.69) is 0 Å². The zero-order valence-corrected chi connectivity index (χ0v) is 18.4. The Morgan fingerprint density at radius 1 is 1.07 bits per heavy atom. The van der Waals surface area contributed by atoms with Gasteiger partial charge < -0.3 is 0 Å². The molecule has 146 valence electrons. The standard InChI is InChI=1S/C21H20ClNO2S3/c22-15-6-8-16(9-7-15)26-19-11-10-17(27-19)12-18-20(24)23(21(25)28-18)13-14-4-2-1-3-5-14/h6-12,14H,1-5,13H2/b18-12-. The van der Waals surface area contributed by atoms with Gasteiger partial charge in [0.15, 0.2) is 0 Å². The number of carbonyl (C=O) groups excluding carboxylic acids is 2. The van der Waals surface area contributed by atoms with Crippen LogP contribution in [0.2, 0.25) is 5.02 Å². The zero-order chi connectivity index (χ0) is 19.5. The first kappa shape index (κ1) is 20.1. The highest BCUT2D eigenvalue weighted by molar-refractivity contribution is 8.18. The van der Waals surface area contributed by atoms with Crippen LogP contribution in [0.5, 0.6) is 0 Å². The first-order valence-corrected chi connectivity index (χ1v) is 12.2. The summed E-state index contributed by atoms with van der Waals surface area (Å²) < 4.78 is 1.13. The minimum Gasteiger partial charge on any atom is -0.268 e. The lowest BCUT2D eigenvalue weighted by Crippen LogP contribution is -2.34. The molecule has 0 unspecified atom stereocenters. The third-order valence-electron chi connectivity index (χ3n) is 4.95. The molecule has 0 spiro atoms. The highest BCUT2D eigenvalue weighted by atomic mass is 35.5. The monoisotopic (exact) mass is 449 g/mol. The van der Waals surface area contributed by atoms with Crippen molar-refractivity contribution in [1.29, 1.82) is 0 Å². The number of hydrogen-bond donors (Lipinski definition) is 0. The maximum atomic E-state index is 12.7. The fourth-order valence-corrected chi connectivity index (χ4v) is 6.61. The van der Waals surface area contributed by atoms with Gasteiger partial charge in [-0.15, -0.1) is 11.3 Å². The molecular weight excluding hydrogens is 430 g/mol. The van der Waals surface area contributed by atoms with Gasteiger partial charge in [-0.2, -0.15) is 0 Å². The number of carbonyl (C=O) groups is 2. The Kier molecular flexibility index (Phi) is 6.51. The molecule has 28 heavy (non-hydrogen) atoms. The van der Waals surface area contributed by atoms with E-state index in [1.54, 1.807) is 23.1 Å². The highest BCUT2D eigenvalue weighted by Crippen LogP contribution is 2.38. The summed E-state index contributed by atoms with van der Waals surface area (Å²) in [4.78, 5) is 29.2. The van der Waals surface area contributed by atoms with E-state index in [4.69, 9.17) is 11.6 Å². The van der Waals surface area contributed by atoms with Crippen LogP contribution in [0.1, 0.15) is 37.0 Å². The molecule has 0 atom stereocenters. The molecule has 2 heterocycles. The maximum absolute atomic E-state index is 12.7. The predicted octanol–water partition coefficient (Wildman–Crippen LogP) is 7.17. The fraction of sp³-hybridized carbons (Fsp3) is 0.333. The molecule has 0 radical (unpaired) electrons. The molecule has 2 aliphatic rings. The lowest BCUT2D eigenvalue weighted by atomic mass is 9.89. The quantitative estimate of drug-likeness (QED) is 0.453. The Balaban J connectivity index is 1.42. The molecule has 2 amide bonds. The molecule has 1 saturated carbocycles. The summed E-state index contributed by atoms with van der Waals surface area (Å²) >= 11 is 10.3. The molecule has 0 bridgehead atoms. The van der Waals surface area contributed by atoms with E-state index in [1.807, 2.05) is 42.5 Å². The molecule has 0 N–H and O–H groups in total. The summed E-state index contributed by atoms with van der Waals surface area (Å²) in [5, 5.41) is 0.592. The molecular formula is C21H20ClNO2S3. The summed E-state index contributed by atoms with van der Waals surface area (Å²) in [5.41, 5.74) is 0. The average molecular weight is 450 g/mol. The van der Waals surface area contributed by atoms with Gasteiger partial charge in [-0.25, -0.2) is 0 Å². The van der Waals surface area contributed by atoms with Crippen molar-refractivity contribution in [3.63, 3.8) is 0 Å². The van der Waals surface area contributed by atoms with Crippen LogP contribution < -0.4 is 0 Å².